The molecule has 0 spiro atoms. The van der Waals surface area contributed by atoms with E-state index in [0.29, 0.717) is 18.9 Å². The van der Waals surface area contributed by atoms with Crippen molar-refractivity contribution in [1.82, 2.24) is 19.7 Å². The molecule has 2 aromatic rings. The Morgan fingerprint density at radius 3 is 2.77 bits per heavy atom. The lowest BCUT2D eigenvalue weighted by molar-refractivity contribution is -0.132. The summed E-state index contributed by atoms with van der Waals surface area (Å²) in [6.45, 7) is 6.51. The van der Waals surface area contributed by atoms with Crippen molar-refractivity contribution < 1.29 is 4.79 Å². The molecule has 0 atom stereocenters. The summed E-state index contributed by atoms with van der Waals surface area (Å²) in [5, 5.41) is 4.69. The van der Waals surface area contributed by atoms with Crippen LogP contribution in [-0.2, 0) is 17.9 Å². The van der Waals surface area contributed by atoms with Crippen molar-refractivity contribution in [3.63, 3.8) is 0 Å². The van der Waals surface area contributed by atoms with E-state index in [0.717, 1.165) is 36.5 Å². The SMILES string of the molecule is CC(C)CC(=O)N1CCCn2nc(-c3ccncc3)cc2C1. The van der Waals surface area contributed by atoms with Crippen LogP contribution in [0.25, 0.3) is 11.3 Å². The molecular weight excluding hydrogens is 276 g/mol. The van der Waals surface area contributed by atoms with Crippen LogP contribution < -0.4 is 0 Å². The van der Waals surface area contributed by atoms with Gasteiger partial charge in [-0.2, -0.15) is 5.10 Å². The molecular formula is C17H22N4O. The third kappa shape index (κ3) is 3.18. The smallest absolute Gasteiger partial charge is 0.223 e. The Hall–Kier alpha value is -2.17. The second kappa shape index (κ2) is 6.30. The fourth-order valence-corrected chi connectivity index (χ4v) is 2.82. The summed E-state index contributed by atoms with van der Waals surface area (Å²) >= 11 is 0. The van der Waals surface area contributed by atoms with Crippen molar-refractivity contribution >= 4 is 5.91 Å². The Kier molecular flexibility index (Phi) is 4.22. The summed E-state index contributed by atoms with van der Waals surface area (Å²) in [5.41, 5.74) is 3.13. The number of nitrogens with zero attached hydrogens (tertiary/aromatic N) is 4. The van der Waals surface area contributed by atoms with Gasteiger partial charge in [-0.05, 0) is 30.5 Å². The quantitative estimate of drug-likeness (QED) is 0.875. The van der Waals surface area contributed by atoms with E-state index in [1.165, 1.54) is 0 Å². The molecule has 0 N–H and O–H groups in total. The van der Waals surface area contributed by atoms with E-state index in [9.17, 15) is 4.79 Å². The van der Waals surface area contributed by atoms with Gasteiger partial charge in [-0.3, -0.25) is 14.5 Å². The molecule has 0 bridgehead atoms. The van der Waals surface area contributed by atoms with Crippen molar-refractivity contribution in [3.05, 3.63) is 36.3 Å². The Balaban J connectivity index is 1.81. The predicted octanol–water partition coefficient (Wildman–Crippen LogP) is 2.72. The van der Waals surface area contributed by atoms with Gasteiger partial charge in [-0.25, -0.2) is 0 Å². The minimum Gasteiger partial charge on any atom is -0.337 e. The normalized spacial score (nSPS) is 14.8. The monoisotopic (exact) mass is 298 g/mol. The molecule has 0 saturated carbocycles. The first-order valence-corrected chi connectivity index (χ1v) is 7.88. The first-order valence-electron chi connectivity index (χ1n) is 7.88. The molecule has 0 aromatic carbocycles. The van der Waals surface area contributed by atoms with Crippen LogP contribution in [-0.4, -0.2) is 32.1 Å². The van der Waals surface area contributed by atoms with E-state index < -0.39 is 0 Å². The molecule has 1 aliphatic heterocycles. The van der Waals surface area contributed by atoms with Gasteiger partial charge in [0.05, 0.1) is 17.9 Å². The summed E-state index contributed by atoms with van der Waals surface area (Å²) in [7, 11) is 0. The fourth-order valence-electron chi connectivity index (χ4n) is 2.82. The van der Waals surface area contributed by atoms with Crippen LogP contribution >= 0.6 is 0 Å². The molecule has 1 aliphatic rings. The van der Waals surface area contributed by atoms with Gasteiger partial charge in [0, 0.05) is 37.5 Å². The highest BCUT2D eigenvalue weighted by Gasteiger charge is 2.21. The van der Waals surface area contributed by atoms with Gasteiger partial charge in [0.1, 0.15) is 0 Å². The molecule has 3 rings (SSSR count). The van der Waals surface area contributed by atoms with Gasteiger partial charge in [-0.1, -0.05) is 13.8 Å². The Labute approximate surface area is 131 Å². The van der Waals surface area contributed by atoms with Crippen LogP contribution in [0.15, 0.2) is 30.6 Å². The maximum atomic E-state index is 12.3. The molecule has 116 valence electrons. The zero-order chi connectivity index (χ0) is 15.5. The van der Waals surface area contributed by atoms with Gasteiger partial charge >= 0.3 is 0 Å². The van der Waals surface area contributed by atoms with E-state index >= 15 is 0 Å². The number of aryl methyl sites for hydroxylation is 1. The molecule has 5 heteroatoms. The summed E-state index contributed by atoms with van der Waals surface area (Å²) in [5.74, 6) is 0.642. The van der Waals surface area contributed by atoms with Crippen molar-refractivity contribution in [2.75, 3.05) is 6.54 Å². The van der Waals surface area contributed by atoms with Crippen LogP contribution in [0.3, 0.4) is 0 Å². The number of rotatable bonds is 3. The number of aromatic nitrogens is 3. The topological polar surface area (TPSA) is 51.0 Å². The Morgan fingerprint density at radius 1 is 1.27 bits per heavy atom. The number of hydrogen-bond acceptors (Lipinski definition) is 3. The lowest BCUT2D eigenvalue weighted by atomic mass is 10.1. The van der Waals surface area contributed by atoms with Gasteiger partial charge in [-0.15, -0.1) is 0 Å². The standard InChI is InChI=1S/C17H22N4O/c1-13(2)10-17(22)20-8-3-9-21-15(12-20)11-16(19-21)14-4-6-18-7-5-14/h4-7,11,13H,3,8-10,12H2,1-2H3. The number of pyridine rings is 1. The average Bonchev–Trinajstić information content (AvgIpc) is 2.79. The van der Waals surface area contributed by atoms with E-state index in [2.05, 4.69) is 30.0 Å². The maximum absolute atomic E-state index is 12.3. The van der Waals surface area contributed by atoms with E-state index in [-0.39, 0.29) is 5.91 Å². The molecule has 1 amide bonds. The van der Waals surface area contributed by atoms with Crippen molar-refractivity contribution in [1.29, 1.82) is 0 Å². The molecule has 5 nitrogen and oxygen atoms in total. The highest BCUT2D eigenvalue weighted by Crippen LogP contribution is 2.22. The van der Waals surface area contributed by atoms with Gasteiger partial charge < -0.3 is 4.90 Å². The van der Waals surface area contributed by atoms with E-state index in [1.54, 1.807) is 12.4 Å². The highest BCUT2D eigenvalue weighted by molar-refractivity contribution is 5.76. The molecule has 0 saturated heterocycles. The molecule has 0 unspecified atom stereocenters. The Morgan fingerprint density at radius 2 is 2.05 bits per heavy atom. The molecule has 22 heavy (non-hydrogen) atoms. The van der Waals surface area contributed by atoms with Crippen LogP contribution in [0, 0.1) is 5.92 Å². The van der Waals surface area contributed by atoms with Gasteiger partial charge in [0.15, 0.2) is 0 Å². The molecule has 0 radical (unpaired) electrons. The van der Waals surface area contributed by atoms with Crippen LogP contribution in [0.5, 0.6) is 0 Å². The number of carbonyl (C=O) groups is 1. The third-order valence-corrected chi connectivity index (χ3v) is 3.93. The van der Waals surface area contributed by atoms with Crippen molar-refractivity contribution in [2.45, 2.75) is 39.8 Å². The molecule has 2 aromatic heterocycles. The van der Waals surface area contributed by atoms with E-state index in [1.807, 2.05) is 21.7 Å². The lowest BCUT2D eigenvalue weighted by Gasteiger charge is -2.21. The van der Waals surface area contributed by atoms with E-state index in [4.69, 9.17) is 0 Å². The third-order valence-electron chi connectivity index (χ3n) is 3.93. The summed E-state index contributed by atoms with van der Waals surface area (Å²) < 4.78 is 2.04. The number of carbonyl (C=O) groups excluding carboxylic acids is 1. The second-order valence-corrected chi connectivity index (χ2v) is 6.25. The number of amides is 1. The first kappa shape index (κ1) is 14.8. The largest absolute Gasteiger partial charge is 0.337 e. The molecule has 3 heterocycles. The molecule has 0 fully saturated rings. The summed E-state index contributed by atoms with van der Waals surface area (Å²) in [4.78, 5) is 18.3. The zero-order valence-corrected chi connectivity index (χ0v) is 13.2. The second-order valence-electron chi connectivity index (χ2n) is 6.25. The van der Waals surface area contributed by atoms with Crippen LogP contribution in [0.1, 0.15) is 32.4 Å². The lowest BCUT2D eigenvalue weighted by Crippen LogP contribution is -2.31. The highest BCUT2D eigenvalue weighted by atomic mass is 16.2. The van der Waals surface area contributed by atoms with Crippen LogP contribution in [0.2, 0.25) is 0 Å². The average molecular weight is 298 g/mol. The number of fused-ring (bicyclic) bond motifs is 1. The van der Waals surface area contributed by atoms with Crippen molar-refractivity contribution in [2.24, 2.45) is 5.92 Å². The molecule has 0 aliphatic carbocycles. The van der Waals surface area contributed by atoms with Gasteiger partial charge in [0.2, 0.25) is 5.91 Å². The fraction of sp³-hybridized carbons (Fsp3) is 0.471. The minimum atomic E-state index is 0.245. The predicted molar refractivity (Wildman–Crippen MR) is 84.9 cm³/mol. The number of hydrogen-bond donors (Lipinski definition) is 0. The maximum Gasteiger partial charge on any atom is 0.223 e. The van der Waals surface area contributed by atoms with Gasteiger partial charge in [0.25, 0.3) is 0 Å². The zero-order valence-electron chi connectivity index (χ0n) is 13.2. The van der Waals surface area contributed by atoms with Crippen LogP contribution in [0.4, 0.5) is 0 Å². The summed E-state index contributed by atoms with van der Waals surface area (Å²) in [6, 6.07) is 6.02. The first-order chi connectivity index (χ1) is 10.6. The van der Waals surface area contributed by atoms with Crippen molar-refractivity contribution in [3.8, 4) is 11.3 Å². The summed E-state index contributed by atoms with van der Waals surface area (Å²) in [6.07, 6.45) is 5.12. The minimum absolute atomic E-state index is 0.245. The Bertz CT molecular complexity index is 648.